The highest BCUT2D eigenvalue weighted by atomic mass is 16.5. The van der Waals surface area contributed by atoms with E-state index in [0.29, 0.717) is 5.82 Å². The first-order chi connectivity index (χ1) is 14.1. The van der Waals surface area contributed by atoms with Crippen LogP contribution in [0.25, 0.3) is 11.5 Å². The standard InChI is InChI=1S/C22H23N5O2/c1-27(14-20(28)24-15-9-11-16(29-2)12-10-15)22-17-6-5-8-18(17)25-21(26-22)19-7-3-4-13-23-19/h3-4,7,9-13H,5-6,8,14H2,1-2H3,(H,24,28). The molecule has 7 heteroatoms. The number of nitrogens with one attached hydrogen (secondary N) is 1. The molecule has 1 N–H and O–H groups in total. The van der Waals surface area contributed by atoms with Gasteiger partial charge in [0.05, 0.1) is 13.7 Å². The van der Waals surface area contributed by atoms with Crippen LogP contribution in [0.4, 0.5) is 11.5 Å². The normalized spacial score (nSPS) is 12.3. The third-order valence-electron chi connectivity index (χ3n) is 4.92. The van der Waals surface area contributed by atoms with E-state index in [9.17, 15) is 4.79 Å². The van der Waals surface area contributed by atoms with Crippen LogP contribution in [-0.2, 0) is 17.6 Å². The fourth-order valence-corrected chi connectivity index (χ4v) is 3.50. The van der Waals surface area contributed by atoms with E-state index in [1.807, 2.05) is 54.4 Å². The molecule has 7 nitrogen and oxygen atoms in total. The van der Waals surface area contributed by atoms with Crippen molar-refractivity contribution in [3.63, 3.8) is 0 Å². The number of hydrogen-bond acceptors (Lipinski definition) is 6. The summed E-state index contributed by atoms with van der Waals surface area (Å²) < 4.78 is 5.15. The summed E-state index contributed by atoms with van der Waals surface area (Å²) in [7, 11) is 3.50. The van der Waals surface area contributed by atoms with E-state index in [0.717, 1.165) is 53.5 Å². The van der Waals surface area contributed by atoms with Gasteiger partial charge in [0.25, 0.3) is 0 Å². The van der Waals surface area contributed by atoms with Gasteiger partial charge in [-0.25, -0.2) is 9.97 Å². The molecule has 1 aliphatic rings. The second kappa shape index (κ2) is 8.26. The highest BCUT2D eigenvalue weighted by Crippen LogP contribution is 2.30. The molecule has 0 unspecified atom stereocenters. The lowest BCUT2D eigenvalue weighted by molar-refractivity contribution is -0.114. The number of anilines is 2. The van der Waals surface area contributed by atoms with Crippen LogP contribution in [0.1, 0.15) is 17.7 Å². The fourth-order valence-electron chi connectivity index (χ4n) is 3.50. The van der Waals surface area contributed by atoms with Crippen molar-refractivity contribution in [3.05, 3.63) is 59.9 Å². The number of nitrogens with zero attached hydrogens (tertiary/aromatic N) is 4. The SMILES string of the molecule is COc1ccc(NC(=O)CN(C)c2nc(-c3ccccn3)nc3c2CCC3)cc1. The first kappa shape index (κ1) is 18.9. The van der Waals surface area contributed by atoms with Crippen LogP contribution in [-0.4, -0.2) is 41.6 Å². The van der Waals surface area contributed by atoms with E-state index in [1.54, 1.807) is 13.3 Å². The molecule has 2 heterocycles. The molecule has 3 aromatic rings. The fraction of sp³-hybridized carbons (Fsp3) is 0.273. The van der Waals surface area contributed by atoms with Gasteiger partial charge in [-0.15, -0.1) is 0 Å². The molecule has 4 rings (SSSR count). The van der Waals surface area contributed by atoms with Crippen LogP contribution in [0.3, 0.4) is 0 Å². The van der Waals surface area contributed by atoms with E-state index in [4.69, 9.17) is 14.7 Å². The van der Waals surface area contributed by atoms with Gasteiger partial charge in [-0.2, -0.15) is 0 Å². The Labute approximate surface area is 169 Å². The maximum absolute atomic E-state index is 12.6. The molecule has 1 aromatic carbocycles. The summed E-state index contributed by atoms with van der Waals surface area (Å²) in [5, 5.41) is 2.92. The van der Waals surface area contributed by atoms with Crippen LogP contribution in [0.5, 0.6) is 5.75 Å². The Morgan fingerprint density at radius 1 is 1.14 bits per heavy atom. The van der Waals surface area contributed by atoms with E-state index < -0.39 is 0 Å². The Morgan fingerprint density at radius 3 is 2.69 bits per heavy atom. The summed E-state index contributed by atoms with van der Waals surface area (Å²) in [5.41, 5.74) is 3.65. The number of aryl methyl sites for hydroxylation is 1. The number of ether oxygens (including phenoxy) is 1. The van der Waals surface area contributed by atoms with Gasteiger partial charge in [0.2, 0.25) is 5.91 Å². The van der Waals surface area contributed by atoms with Crippen molar-refractivity contribution in [1.82, 2.24) is 15.0 Å². The van der Waals surface area contributed by atoms with Gasteiger partial charge < -0.3 is 15.0 Å². The number of carbonyl (C=O) groups is 1. The Hall–Kier alpha value is -3.48. The molecule has 0 radical (unpaired) electrons. The van der Waals surface area contributed by atoms with Gasteiger partial charge in [0.15, 0.2) is 5.82 Å². The minimum atomic E-state index is -0.109. The van der Waals surface area contributed by atoms with Gasteiger partial charge in [-0.1, -0.05) is 6.07 Å². The minimum absolute atomic E-state index is 0.109. The predicted molar refractivity (Wildman–Crippen MR) is 112 cm³/mol. The molecular weight excluding hydrogens is 366 g/mol. The minimum Gasteiger partial charge on any atom is -0.497 e. The summed E-state index contributed by atoms with van der Waals surface area (Å²) in [6.07, 6.45) is 4.64. The molecule has 1 amide bonds. The Bertz CT molecular complexity index is 1010. The van der Waals surface area contributed by atoms with E-state index in [-0.39, 0.29) is 12.5 Å². The van der Waals surface area contributed by atoms with Crippen LogP contribution in [0, 0.1) is 0 Å². The van der Waals surface area contributed by atoms with Crippen LogP contribution in [0.2, 0.25) is 0 Å². The molecule has 0 saturated carbocycles. The molecular formula is C22H23N5O2. The number of aromatic nitrogens is 3. The first-order valence-electron chi connectivity index (χ1n) is 9.60. The largest absolute Gasteiger partial charge is 0.497 e. The van der Waals surface area contributed by atoms with Crippen molar-refractivity contribution in [2.75, 3.05) is 30.9 Å². The summed E-state index contributed by atoms with van der Waals surface area (Å²) in [4.78, 5) is 28.3. The van der Waals surface area contributed by atoms with Crippen LogP contribution in [0.15, 0.2) is 48.7 Å². The molecule has 0 spiro atoms. The van der Waals surface area contributed by atoms with Crippen molar-refractivity contribution in [1.29, 1.82) is 0 Å². The van der Waals surface area contributed by atoms with Crippen molar-refractivity contribution >= 4 is 17.4 Å². The first-order valence-corrected chi connectivity index (χ1v) is 9.60. The number of rotatable bonds is 6. The lowest BCUT2D eigenvalue weighted by Crippen LogP contribution is -2.31. The number of amides is 1. The number of benzene rings is 1. The number of likely N-dealkylation sites (N-methyl/N-ethyl adjacent to an activating group) is 1. The van der Waals surface area contributed by atoms with Gasteiger partial charge in [-0.05, 0) is 55.7 Å². The number of carbonyl (C=O) groups excluding carboxylic acids is 1. The zero-order chi connectivity index (χ0) is 20.2. The molecule has 29 heavy (non-hydrogen) atoms. The number of hydrogen-bond donors (Lipinski definition) is 1. The second-order valence-electron chi connectivity index (χ2n) is 7.00. The molecule has 0 saturated heterocycles. The predicted octanol–water partition coefficient (Wildman–Crippen LogP) is 3.11. The monoisotopic (exact) mass is 389 g/mol. The van der Waals surface area contributed by atoms with Crippen LogP contribution >= 0.6 is 0 Å². The summed E-state index contributed by atoms with van der Waals surface area (Å²) in [6.45, 7) is 0.192. The highest BCUT2D eigenvalue weighted by Gasteiger charge is 2.23. The number of fused-ring (bicyclic) bond motifs is 1. The highest BCUT2D eigenvalue weighted by molar-refractivity contribution is 5.94. The van der Waals surface area contributed by atoms with E-state index >= 15 is 0 Å². The molecule has 2 aromatic heterocycles. The summed E-state index contributed by atoms with van der Waals surface area (Å²) >= 11 is 0. The molecule has 0 bridgehead atoms. The number of methoxy groups -OCH3 is 1. The van der Waals surface area contributed by atoms with Gasteiger partial charge in [-0.3, -0.25) is 9.78 Å². The molecule has 1 aliphatic carbocycles. The van der Waals surface area contributed by atoms with Crippen molar-refractivity contribution in [2.45, 2.75) is 19.3 Å². The van der Waals surface area contributed by atoms with Crippen molar-refractivity contribution in [3.8, 4) is 17.3 Å². The third kappa shape index (κ3) is 4.18. The van der Waals surface area contributed by atoms with Crippen molar-refractivity contribution < 1.29 is 9.53 Å². The zero-order valence-corrected chi connectivity index (χ0v) is 16.6. The molecule has 0 aliphatic heterocycles. The Kier molecular flexibility index (Phi) is 5.37. The van der Waals surface area contributed by atoms with Crippen molar-refractivity contribution in [2.24, 2.45) is 0 Å². The zero-order valence-electron chi connectivity index (χ0n) is 16.6. The van der Waals surface area contributed by atoms with Gasteiger partial charge >= 0.3 is 0 Å². The Balaban J connectivity index is 1.53. The lowest BCUT2D eigenvalue weighted by atomic mass is 10.2. The number of pyridine rings is 1. The molecule has 0 atom stereocenters. The second-order valence-corrected chi connectivity index (χ2v) is 7.00. The smallest absolute Gasteiger partial charge is 0.243 e. The lowest BCUT2D eigenvalue weighted by Gasteiger charge is -2.21. The van der Waals surface area contributed by atoms with Gasteiger partial charge in [0, 0.05) is 30.2 Å². The third-order valence-corrected chi connectivity index (χ3v) is 4.92. The van der Waals surface area contributed by atoms with Gasteiger partial charge in [0.1, 0.15) is 17.3 Å². The van der Waals surface area contributed by atoms with E-state index in [1.165, 1.54) is 0 Å². The molecule has 0 fully saturated rings. The quantitative estimate of drug-likeness (QED) is 0.698. The summed E-state index contributed by atoms with van der Waals surface area (Å²) in [6, 6.07) is 13.0. The average Bonchev–Trinajstić information content (AvgIpc) is 3.23. The average molecular weight is 389 g/mol. The topological polar surface area (TPSA) is 80.2 Å². The maximum atomic E-state index is 12.6. The van der Waals surface area contributed by atoms with E-state index in [2.05, 4.69) is 10.3 Å². The Morgan fingerprint density at radius 2 is 1.97 bits per heavy atom. The maximum Gasteiger partial charge on any atom is 0.243 e. The molecule has 148 valence electrons. The summed E-state index contributed by atoms with van der Waals surface area (Å²) in [5.74, 6) is 2.04. The van der Waals surface area contributed by atoms with Crippen LogP contribution < -0.4 is 15.0 Å².